The molecule has 0 unspecified atom stereocenters. The number of rotatable bonds is 25. The van der Waals surface area contributed by atoms with Crippen molar-refractivity contribution in [2.45, 2.75) is 77.8 Å². The summed E-state index contributed by atoms with van der Waals surface area (Å²) in [6.07, 6.45) is 18.9. The van der Waals surface area contributed by atoms with Gasteiger partial charge in [-0.15, -0.1) is 9.32 Å². The molecule has 4 N–H and O–H groups in total. The molecule has 0 spiro atoms. The van der Waals surface area contributed by atoms with E-state index in [4.69, 9.17) is 50.1 Å². The molecule has 692 valence electrons. The number of hydrogen-bond donors (Lipinski definition) is 3. The van der Waals surface area contributed by atoms with Crippen LogP contribution in [-0.2, 0) is 59.4 Å². The van der Waals surface area contributed by atoms with Crippen LogP contribution in [0.1, 0.15) is 88.9 Å². The van der Waals surface area contributed by atoms with Crippen LogP contribution in [0.5, 0.6) is 28.7 Å². The SMILES string of the molecule is CC(C)(C#N)c1cc(Cn2cncn2)cc(-c2ccc3ccccc3c2)c1.CC(C)(C#N)c1cc(Cn2cncn2)cc(-c2cccc(C#N)c2)c1.N#Cc1ccc(-c2ccc(C#N)c(Cn3cncn3)c2)cc1.NOOSOc1ccc(Oc2cccc(Cn3cncn3)c2)cc1.[C-]#[N+]c1ccc(Cn2cncn2)cc1-c1ccc(O)c(Cl)c1.[C-]#[N+]c1ccc(Cn2cncn2)cc1-c1ccc(O)cc1. The lowest BCUT2D eigenvalue weighted by molar-refractivity contribution is -0.199. The van der Waals surface area contributed by atoms with E-state index in [1.807, 2.05) is 137 Å². The molecule has 0 bridgehead atoms. The van der Waals surface area contributed by atoms with Crippen LogP contribution >= 0.6 is 23.9 Å². The first-order chi connectivity index (χ1) is 68.6. The van der Waals surface area contributed by atoms with Crippen LogP contribution in [0.4, 0.5) is 11.4 Å². The summed E-state index contributed by atoms with van der Waals surface area (Å²) in [4.78, 5) is 34.7. The number of nitrogens with two attached hydrogens (primary N) is 1. The molecule has 0 atom stereocenters. The zero-order valence-electron chi connectivity index (χ0n) is 76.2. The van der Waals surface area contributed by atoms with Crippen LogP contribution in [0.3, 0.4) is 0 Å². The highest BCUT2D eigenvalue weighted by Gasteiger charge is 2.24. The molecule has 6 heterocycles. The molecule has 19 aromatic rings. The van der Waals surface area contributed by atoms with Crippen LogP contribution in [0, 0.1) is 69.8 Å². The first kappa shape index (κ1) is 98.1. The fraction of sp³-hybridized carbons (Fsp3) is 0.112. The van der Waals surface area contributed by atoms with Crippen molar-refractivity contribution in [2.75, 3.05) is 0 Å². The van der Waals surface area contributed by atoms with Crippen molar-refractivity contribution < 1.29 is 28.5 Å². The quantitative estimate of drug-likeness (QED) is 0.0157. The van der Waals surface area contributed by atoms with E-state index in [2.05, 4.69) is 171 Å². The number of phenolic OH excluding ortho intramolecular Hbond substituents is 2. The lowest BCUT2D eigenvalue weighted by atomic mass is 9.83. The molecule has 6 aromatic heterocycles. The molecule has 0 aliphatic carbocycles. The maximum absolute atomic E-state index is 9.62. The van der Waals surface area contributed by atoms with Crippen LogP contribution in [0.25, 0.3) is 76.1 Å². The number of hydrogen-bond acceptors (Lipinski definition) is 25. The van der Waals surface area contributed by atoms with Gasteiger partial charge in [0.15, 0.2) is 11.4 Å². The smallest absolute Gasteiger partial charge is 0.260 e. The Morgan fingerprint density at radius 1 is 0.376 bits per heavy atom. The predicted molar refractivity (Wildman–Crippen MR) is 531 cm³/mol. The second kappa shape index (κ2) is 47.8. The number of nitriles is 5. The van der Waals surface area contributed by atoms with E-state index in [1.54, 1.807) is 163 Å². The first-order valence-corrected chi connectivity index (χ1v) is 44.3. The van der Waals surface area contributed by atoms with Crippen molar-refractivity contribution in [3.8, 4) is 115 Å². The Hall–Kier alpha value is -18.9. The third-order valence-corrected chi connectivity index (χ3v) is 22.5. The minimum Gasteiger partial charge on any atom is -0.508 e. The van der Waals surface area contributed by atoms with Crippen molar-refractivity contribution in [3.05, 3.63) is 438 Å². The molecule has 0 aliphatic heterocycles. The summed E-state index contributed by atoms with van der Waals surface area (Å²) in [7, 11) is 0. The van der Waals surface area contributed by atoms with E-state index < -0.39 is 10.8 Å². The molecular weight excluding hydrogens is 1810 g/mol. The fourth-order valence-electron chi connectivity index (χ4n) is 14.4. The number of fused-ring (bicyclic) bond motifs is 1. The third kappa shape index (κ3) is 27.5. The van der Waals surface area contributed by atoms with Crippen molar-refractivity contribution in [1.29, 1.82) is 26.3 Å². The van der Waals surface area contributed by atoms with Crippen molar-refractivity contribution in [2.24, 2.45) is 5.90 Å². The monoisotopic (exact) mass is 1900 g/mol. The highest BCUT2D eigenvalue weighted by molar-refractivity contribution is 7.90. The average molecular weight is 1900 g/mol. The van der Waals surface area contributed by atoms with Gasteiger partial charge in [0.05, 0.1) is 115 Å². The van der Waals surface area contributed by atoms with E-state index in [-0.39, 0.29) is 16.5 Å². The largest absolute Gasteiger partial charge is 0.508 e. The van der Waals surface area contributed by atoms with Gasteiger partial charge in [0.25, 0.3) is 12.3 Å². The Balaban J connectivity index is 0.000000135. The summed E-state index contributed by atoms with van der Waals surface area (Å²) in [6.45, 7) is 25.8. The van der Waals surface area contributed by atoms with E-state index >= 15 is 0 Å². The van der Waals surface area contributed by atoms with E-state index in [0.717, 1.165) is 106 Å². The van der Waals surface area contributed by atoms with E-state index in [1.165, 1.54) is 54.8 Å². The minimum atomic E-state index is -0.611. The highest BCUT2D eigenvalue weighted by Crippen LogP contribution is 2.39. The Morgan fingerprint density at radius 2 is 0.830 bits per heavy atom. The summed E-state index contributed by atoms with van der Waals surface area (Å²) in [5.41, 5.74) is 19.3. The van der Waals surface area contributed by atoms with Crippen molar-refractivity contribution in [1.82, 2.24) is 88.6 Å². The molecule has 32 nitrogen and oxygen atoms in total. The van der Waals surface area contributed by atoms with Gasteiger partial charge in [-0.2, -0.15) is 62.8 Å². The van der Waals surface area contributed by atoms with Crippen LogP contribution in [0.15, 0.2) is 349 Å². The molecule has 0 saturated heterocycles. The maximum atomic E-state index is 9.62. The predicted octanol–water partition coefficient (Wildman–Crippen LogP) is 21.4. The average Bonchev–Trinajstić information content (AvgIpc) is 0.963. The second-order valence-corrected chi connectivity index (χ2v) is 33.3. The molecule has 19 rings (SSSR count). The molecule has 0 fully saturated rings. The highest BCUT2D eigenvalue weighted by atomic mass is 35.5. The van der Waals surface area contributed by atoms with Gasteiger partial charge in [0.1, 0.15) is 105 Å². The number of ether oxygens (including phenoxy) is 1. The lowest BCUT2D eigenvalue weighted by Gasteiger charge is -2.19. The molecule has 13 aromatic carbocycles. The Morgan fingerprint density at radius 3 is 1.32 bits per heavy atom. The number of benzene rings is 13. The Labute approximate surface area is 820 Å². The number of aromatic hydroxyl groups is 2. The molecule has 34 heteroatoms. The Bertz CT molecular complexity index is 7740. The molecule has 0 aliphatic rings. The normalized spacial score (nSPS) is 10.6. The zero-order valence-corrected chi connectivity index (χ0v) is 77.8. The van der Waals surface area contributed by atoms with Crippen molar-refractivity contribution >= 4 is 46.1 Å². The summed E-state index contributed by atoms with van der Waals surface area (Å²) in [5, 5.41) is 92.6. The van der Waals surface area contributed by atoms with Gasteiger partial charge < -0.3 is 19.1 Å². The molecule has 0 radical (unpaired) electrons. The number of phenols is 2. The number of nitrogens with zero attached hydrogens (tertiary/aromatic N) is 25. The van der Waals surface area contributed by atoms with E-state index in [9.17, 15) is 26.0 Å². The molecule has 0 amide bonds. The maximum Gasteiger partial charge on any atom is 0.260 e. The minimum absolute atomic E-state index is 0.0218. The van der Waals surface area contributed by atoms with Crippen molar-refractivity contribution in [3.63, 3.8) is 0 Å². The zero-order chi connectivity index (χ0) is 98.9. The van der Waals surface area contributed by atoms with Gasteiger partial charge in [0, 0.05) is 0 Å². The van der Waals surface area contributed by atoms with E-state index in [0.29, 0.717) is 91.2 Å². The van der Waals surface area contributed by atoms with Crippen LogP contribution in [0.2, 0.25) is 5.02 Å². The fourth-order valence-corrected chi connectivity index (χ4v) is 14.9. The van der Waals surface area contributed by atoms with Gasteiger partial charge >= 0.3 is 0 Å². The van der Waals surface area contributed by atoms with Gasteiger partial charge in [-0.1, -0.05) is 157 Å². The molecular formula is C107H85ClN26O6S. The van der Waals surface area contributed by atoms with Gasteiger partial charge in [-0.3, -0.25) is 0 Å². The molecule has 0 saturated carbocycles. The Kier molecular flexibility index (Phi) is 33.3. The summed E-state index contributed by atoms with van der Waals surface area (Å²) in [6, 6.07) is 97.0. The van der Waals surface area contributed by atoms with Crippen LogP contribution in [-0.4, -0.2) is 98.8 Å². The first-order valence-electron chi connectivity index (χ1n) is 43.3. The summed E-state index contributed by atoms with van der Waals surface area (Å²) < 4.78 is 25.7. The standard InChI is InChI=1S/C23H20N4.C20H17N5.C17H11N5.C16H11ClN4O.C16H12N4O.C15H14N4O4S/c1-23(2,14-24)22-10-17(13-27-16-25-15-26-27)9-21(12-22)20-8-7-18-5-3-4-6-19(18)11-20;1-20(2,12-22)19-8-16(11-25-14-23-13-24-25)7-18(9-19)17-5-3-4-15(6-17)10-21;18-8-13-1-3-14(4-2-13)15-5-6-16(9-19)17(7-15)10-22-12-20-11-21-22;1-18-15-4-2-11(8-21-10-19-9-20-21)6-13(15)12-3-5-16(22)14(17)7-12;1-17-16-7-2-12(9-20-11-18-10-19-20)8-15(16)13-3-5-14(21)6-4-13;16-22-23-24-21-14-6-4-13(5-7-14)20-15-3-1-2-12(8-15)9-19-11-17-10-18-19/h3-12,15-16H,13H2,1-2H3;3-9,13-14H,11H2,1-2H3;1-7,11-12H,10H2;2-7,9-10,22H,8H2;2-8,10-11,21H,9H2;1-8,10-11H,9,16H2. The third-order valence-electron chi connectivity index (χ3n) is 21.8. The summed E-state index contributed by atoms with van der Waals surface area (Å²) in [5.74, 6) is 6.92. The van der Waals surface area contributed by atoms with Gasteiger partial charge in [-0.05, 0) is 266 Å². The second-order valence-electron chi connectivity index (χ2n) is 32.5. The molecule has 141 heavy (non-hydrogen) atoms. The van der Waals surface area contributed by atoms with Gasteiger partial charge in [-0.25, -0.2) is 67.7 Å². The number of aromatic nitrogens is 18. The summed E-state index contributed by atoms with van der Waals surface area (Å²) >= 11 is 6.58. The lowest BCUT2D eigenvalue weighted by Crippen LogP contribution is -2.15. The van der Waals surface area contributed by atoms with Gasteiger partial charge in [0.2, 0.25) is 0 Å². The number of halogens is 1. The van der Waals surface area contributed by atoms with Crippen LogP contribution < -0.4 is 14.8 Å². The topological polar surface area (TPSA) is 415 Å².